The monoisotopic (exact) mass is 421 g/mol. The Balaban J connectivity index is 2.52. The van der Waals surface area contributed by atoms with E-state index in [0.717, 1.165) is 0 Å². The lowest BCUT2D eigenvalue weighted by Gasteiger charge is -2.23. The molecule has 1 aromatic carbocycles. The third-order valence-corrected chi connectivity index (χ3v) is 3.41. The summed E-state index contributed by atoms with van der Waals surface area (Å²) in [5, 5.41) is 5.30. The zero-order valence-corrected chi connectivity index (χ0v) is 18.6. The molecule has 3 amide bonds. The van der Waals surface area contributed by atoms with Gasteiger partial charge < -0.3 is 19.7 Å². The minimum absolute atomic E-state index is 0.140. The molecule has 1 rings (SSSR count). The van der Waals surface area contributed by atoms with Gasteiger partial charge in [0.15, 0.2) is 6.61 Å². The van der Waals surface area contributed by atoms with Gasteiger partial charge in [-0.05, 0) is 65.8 Å². The fourth-order valence-corrected chi connectivity index (χ4v) is 2.19. The molecule has 0 spiro atoms. The molecule has 0 heterocycles. The fourth-order valence-electron chi connectivity index (χ4n) is 2.19. The number of carbonyl (C=O) groups excluding carboxylic acids is 4. The highest BCUT2D eigenvalue weighted by molar-refractivity contribution is 5.93. The minimum atomic E-state index is -0.695. The van der Waals surface area contributed by atoms with Crippen LogP contribution in [0.3, 0.4) is 0 Å². The van der Waals surface area contributed by atoms with E-state index in [4.69, 9.17) is 9.47 Å². The Morgan fingerprint density at radius 3 is 2.03 bits per heavy atom. The van der Waals surface area contributed by atoms with Crippen LogP contribution in [0.15, 0.2) is 24.3 Å². The summed E-state index contributed by atoms with van der Waals surface area (Å²) < 4.78 is 10.2. The second-order valence-electron chi connectivity index (χ2n) is 8.83. The van der Waals surface area contributed by atoms with Gasteiger partial charge in [-0.15, -0.1) is 0 Å². The van der Waals surface area contributed by atoms with Crippen LogP contribution in [0, 0.1) is 0 Å². The molecule has 0 bridgehead atoms. The second-order valence-corrected chi connectivity index (χ2v) is 8.83. The van der Waals surface area contributed by atoms with Crippen molar-refractivity contribution in [2.24, 2.45) is 0 Å². The van der Waals surface area contributed by atoms with E-state index < -0.39 is 35.7 Å². The Bertz CT molecular complexity index is 775. The minimum Gasteiger partial charge on any atom is -0.452 e. The number of carbonyl (C=O) groups is 4. The standard InChI is InChI=1S/C21H31N3O6/c1-20(2,3)23-16(25)12-24(7)17(26)13-29-18(27)14-8-10-15(11-9-14)22-19(28)30-21(4,5)6/h8-11H,12-13H2,1-7H3,(H,22,28)(H,23,25). The van der Waals surface area contributed by atoms with E-state index in [1.54, 1.807) is 20.8 Å². The summed E-state index contributed by atoms with van der Waals surface area (Å²) in [5.74, 6) is -1.51. The molecule has 0 aliphatic heterocycles. The van der Waals surface area contributed by atoms with Gasteiger partial charge in [0.2, 0.25) is 5.91 Å². The highest BCUT2D eigenvalue weighted by Crippen LogP contribution is 2.13. The number of hydrogen-bond donors (Lipinski definition) is 2. The van der Waals surface area contributed by atoms with E-state index >= 15 is 0 Å². The van der Waals surface area contributed by atoms with E-state index in [1.165, 1.54) is 36.2 Å². The van der Waals surface area contributed by atoms with Crippen molar-refractivity contribution in [3.8, 4) is 0 Å². The number of esters is 1. The number of amides is 3. The number of hydrogen-bond acceptors (Lipinski definition) is 6. The van der Waals surface area contributed by atoms with Crippen molar-refractivity contribution >= 4 is 29.6 Å². The Morgan fingerprint density at radius 2 is 1.53 bits per heavy atom. The first-order chi connectivity index (χ1) is 13.7. The van der Waals surface area contributed by atoms with Gasteiger partial charge in [0.25, 0.3) is 5.91 Å². The summed E-state index contributed by atoms with van der Waals surface area (Å²) >= 11 is 0. The maximum absolute atomic E-state index is 12.1. The highest BCUT2D eigenvalue weighted by atomic mass is 16.6. The average Bonchev–Trinajstić information content (AvgIpc) is 2.56. The maximum atomic E-state index is 12.1. The summed E-state index contributed by atoms with van der Waals surface area (Å²) in [7, 11) is 1.45. The number of ether oxygens (including phenoxy) is 2. The number of likely N-dealkylation sites (N-methyl/N-ethyl adjacent to an activating group) is 1. The summed E-state index contributed by atoms with van der Waals surface area (Å²) in [4.78, 5) is 49.0. The quantitative estimate of drug-likeness (QED) is 0.683. The van der Waals surface area contributed by atoms with Crippen LogP contribution in [0.1, 0.15) is 51.9 Å². The predicted octanol–water partition coefficient (Wildman–Crippen LogP) is 2.56. The first-order valence-corrected chi connectivity index (χ1v) is 9.48. The maximum Gasteiger partial charge on any atom is 0.412 e. The predicted molar refractivity (Wildman–Crippen MR) is 112 cm³/mol. The Kier molecular flexibility index (Phi) is 8.38. The van der Waals surface area contributed by atoms with Gasteiger partial charge in [0.1, 0.15) is 5.60 Å². The van der Waals surface area contributed by atoms with Gasteiger partial charge in [-0.25, -0.2) is 9.59 Å². The molecule has 0 radical (unpaired) electrons. The molecule has 30 heavy (non-hydrogen) atoms. The van der Waals surface area contributed by atoms with Gasteiger partial charge >= 0.3 is 12.1 Å². The molecule has 166 valence electrons. The van der Waals surface area contributed by atoms with E-state index in [2.05, 4.69) is 10.6 Å². The van der Waals surface area contributed by atoms with Crippen LogP contribution in [0.5, 0.6) is 0 Å². The van der Waals surface area contributed by atoms with Gasteiger partial charge in [0.05, 0.1) is 12.1 Å². The van der Waals surface area contributed by atoms with Crippen molar-refractivity contribution in [1.82, 2.24) is 10.2 Å². The summed E-state index contributed by atoms with van der Waals surface area (Å²) in [6, 6.07) is 5.95. The van der Waals surface area contributed by atoms with E-state index in [0.29, 0.717) is 5.69 Å². The van der Waals surface area contributed by atoms with E-state index in [-0.39, 0.29) is 18.0 Å². The summed E-state index contributed by atoms with van der Waals surface area (Å²) in [5.41, 5.74) is -0.369. The molecular weight excluding hydrogens is 390 g/mol. The lowest BCUT2D eigenvalue weighted by Crippen LogP contribution is -2.46. The van der Waals surface area contributed by atoms with Crippen molar-refractivity contribution in [1.29, 1.82) is 0 Å². The first kappa shape index (κ1) is 24.9. The van der Waals surface area contributed by atoms with Crippen molar-refractivity contribution in [3.63, 3.8) is 0 Å². The number of rotatable bonds is 6. The van der Waals surface area contributed by atoms with Crippen LogP contribution in [0.25, 0.3) is 0 Å². The molecule has 1 aromatic rings. The van der Waals surface area contributed by atoms with Crippen molar-refractivity contribution < 1.29 is 28.7 Å². The second kappa shape index (κ2) is 10.1. The third kappa shape index (κ3) is 9.90. The van der Waals surface area contributed by atoms with Crippen molar-refractivity contribution in [3.05, 3.63) is 29.8 Å². The van der Waals surface area contributed by atoms with Crippen molar-refractivity contribution in [2.75, 3.05) is 25.5 Å². The molecule has 0 saturated carbocycles. The molecule has 2 N–H and O–H groups in total. The molecule has 0 saturated heterocycles. The van der Waals surface area contributed by atoms with Gasteiger partial charge in [0, 0.05) is 18.3 Å². The molecule has 0 aromatic heterocycles. The molecule has 0 aliphatic carbocycles. The van der Waals surface area contributed by atoms with Crippen LogP contribution in [-0.2, 0) is 19.1 Å². The zero-order chi connectivity index (χ0) is 23.1. The SMILES string of the molecule is CN(CC(=O)NC(C)(C)C)C(=O)COC(=O)c1ccc(NC(=O)OC(C)(C)C)cc1. The van der Waals surface area contributed by atoms with Gasteiger partial charge in [-0.1, -0.05) is 0 Å². The third-order valence-electron chi connectivity index (χ3n) is 3.41. The molecule has 9 heteroatoms. The Hall–Kier alpha value is -3.10. The molecule has 0 unspecified atom stereocenters. The molecular formula is C21H31N3O6. The summed E-state index contributed by atoms with van der Waals surface area (Å²) in [6.45, 7) is 10.1. The largest absolute Gasteiger partial charge is 0.452 e. The van der Waals surface area contributed by atoms with E-state index in [1.807, 2.05) is 20.8 Å². The summed E-state index contributed by atoms with van der Waals surface area (Å²) in [6.07, 6.45) is -0.609. The molecule has 9 nitrogen and oxygen atoms in total. The molecule has 0 atom stereocenters. The number of anilines is 1. The van der Waals surface area contributed by atoms with Crippen LogP contribution < -0.4 is 10.6 Å². The molecule has 0 aliphatic rings. The smallest absolute Gasteiger partial charge is 0.412 e. The highest BCUT2D eigenvalue weighted by Gasteiger charge is 2.19. The lowest BCUT2D eigenvalue weighted by atomic mass is 10.1. The van der Waals surface area contributed by atoms with Crippen LogP contribution in [-0.4, -0.2) is 60.1 Å². The van der Waals surface area contributed by atoms with Crippen molar-refractivity contribution in [2.45, 2.75) is 52.7 Å². The Labute approximate surface area is 177 Å². The fraction of sp³-hybridized carbons (Fsp3) is 0.524. The van der Waals surface area contributed by atoms with E-state index in [9.17, 15) is 19.2 Å². The number of nitrogens with one attached hydrogen (secondary N) is 2. The molecule has 0 fully saturated rings. The Morgan fingerprint density at radius 1 is 0.967 bits per heavy atom. The van der Waals surface area contributed by atoms with Gasteiger partial charge in [-0.2, -0.15) is 0 Å². The zero-order valence-electron chi connectivity index (χ0n) is 18.6. The lowest BCUT2D eigenvalue weighted by molar-refractivity contribution is -0.137. The number of benzene rings is 1. The average molecular weight is 421 g/mol. The van der Waals surface area contributed by atoms with Gasteiger partial charge in [-0.3, -0.25) is 14.9 Å². The number of nitrogens with zero attached hydrogens (tertiary/aromatic N) is 1. The van der Waals surface area contributed by atoms with Crippen LogP contribution >= 0.6 is 0 Å². The first-order valence-electron chi connectivity index (χ1n) is 9.48. The normalized spacial score (nSPS) is 11.3. The van der Waals surface area contributed by atoms with Crippen LogP contribution in [0.4, 0.5) is 10.5 Å². The van der Waals surface area contributed by atoms with Crippen LogP contribution in [0.2, 0.25) is 0 Å². The topological polar surface area (TPSA) is 114 Å².